The van der Waals surface area contributed by atoms with Gasteiger partial charge in [-0.2, -0.15) is 0 Å². The highest BCUT2D eigenvalue weighted by Crippen LogP contribution is 2.16. The van der Waals surface area contributed by atoms with Gasteiger partial charge >= 0.3 is 0 Å². The topological polar surface area (TPSA) is 57.7 Å². The molecular formula is C15H22N2O3. The Labute approximate surface area is 119 Å². The summed E-state index contributed by atoms with van der Waals surface area (Å²) in [4.78, 5) is 37.5. The van der Waals surface area contributed by atoms with Crippen molar-refractivity contribution in [2.75, 3.05) is 19.6 Å². The molecule has 0 radical (unpaired) electrons. The smallest absolute Gasteiger partial charge is 0.253 e. The fraction of sp³-hybridized carbons (Fsp3) is 0.667. The van der Waals surface area contributed by atoms with E-state index in [0.29, 0.717) is 18.9 Å². The van der Waals surface area contributed by atoms with Gasteiger partial charge in [-0.15, -0.1) is 0 Å². The standard InChI is InChI=1S/C15H22N2O3/c1-12-10-16(11-12)13(18)6-4-2-3-5-9-17-14(19)7-8-15(17)20/h7-8,12H,2-6,9-11H2,1H3. The Morgan fingerprint density at radius 3 is 2.30 bits per heavy atom. The Bertz CT molecular complexity index is 407. The van der Waals surface area contributed by atoms with E-state index in [-0.39, 0.29) is 17.7 Å². The lowest BCUT2D eigenvalue weighted by molar-refractivity contribution is -0.137. The maximum Gasteiger partial charge on any atom is 0.253 e. The number of likely N-dealkylation sites (tertiary alicyclic amines) is 1. The van der Waals surface area contributed by atoms with E-state index in [2.05, 4.69) is 6.92 Å². The highest BCUT2D eigenvalue weighted by atomic mass is 16.2. The number of imide groups is 1. The molecule has 0 saturated carbocycles. The van der Waals surface area contributed by atoms with E-state index < -0.39 is 0 Å². The van der Waals surface area contributed by atoms with Crippen LogP contribution in [0.2, 0.25) is 0 Å². The van der Waals surface area contributed by atoms with Gasteiger partial charge < -0.3 is 4.90 Å². The van der Waals surface area contributed by atoms with Gasteiger partial charge in [-0.1, -0.05) is 19.8 Å². The lowest BCUT2D eigenvalue weighted by atomic mass is 10.0. The Balaban J connectivity index is 1.49. The summed E-state index contributed by atoms with van der Waals surface area (Å²) < 4.78 is 0. The third-order valence-electron chi connectivity index (χ3n) is 3.84. The second-order valence-electron chi connectivity index (χ2n) is 5.73. The van der Waals surface area contributed by atoms with E-state index in [1.807, 2.05) is 4.90 Å². The summed E-state index contributed by atoms with van der Waals surface area (Å²) >= 11 is 0. The third kappa shape index (κ3) is 3.68. The normalized spacial score (nSPS) is 18.9. The minimum Gasteiger partial charge on any atom is -0.342 e. The first kappa shape index (κ1) is 14.8. The van der Waals surface area contributed by atoms with Crippen molar-refractivity contribution >= 4 is 17.7 Å². The van der Waals surface area contributed by atoms with Crippen molar-refractivity contribution in [2.45, 2.75) is 39.0 Å². The molecule has 5 nitrogen and oxygen atoms in total. The number of carbonyl (C=O) groups is 3. The zero-order valence-corrected chi connectivity index (χ0v) is 12.0. The van der Waals surface area contributed by atoms with Crippen molar-refractivity contribution in [1.29, 1.82) is 0 Å². The summed E-state index contributed by atoms with van der Waals surface area (Å²) in [6.07, 6.45) is 6.87. The number of amides is 3. The van der Waals surface area contributed by atoms with Crippen LogP contribution in [0.4, 0.5) is 0 Å². The van der Waals surface area contributed by atoms with Crippen molar-refractivity contribution in [3.05, 3.63) is 12.2 Å². The Morgan fingerprint density at radius 2 is 1.70 bits per heavy atom. The van der Waals surface area contributed by atoms with Gasteiger partial charge in [0.15, 0.2) is 0 Å². The molecule has 0 bridgehead atoms. The van der Waals surface area contributed by atoms with E-state index in [4.69, 9.17) is 0 Å². The Hall–Kier alpha value is -1.65. The van der Waals surface area contributed by atoms with Crippen molar-refractivity contribution in [2.24, 2.45) is 5.92 Å². The van der Waals surface area contributed by atoms with Gasteiger partial charge in [-0.05, 0) is 18.8 Å². The van der Waals surface area contributed by atoms with Gasteiger partial charge in [0, 0.05) is 38.2 Å². The predicted molar refractivity (Wildman–Crippen MR) is 74.7 cm³/mol. The number of carbonyl (C=O) groups excluding carboxylic acids is 3. The van der Waals surface area contributed by atoms with Crippen LogP contribution in [0.3, 0.4) is 0 Å². The molecule has 20 heavy (non-hydrogen) atoms. The van der Waals surface area contributed by atoms with Crippen LogP contribution in [0.15, 0.2) is 12.2 Å². The fourth-order valence-electron chi connectivity index (χ4n) is 2.61. The average Bonchev–Trinajstić information content (AvgIpc) is 2.70. The highest BCUT2D eigenvalue weighted by molar-refractivity contribution is 6.12. The van der Waals surface area contributed by atoms with Crippen LogP contribution in [0.25, 0.3) is 0 Å². The highest BCUT2D eigenvalue weighted by Gasteiger charge is 2.26. The Morgan fingerprint density at radius 1 is 1.10 bits per heavy atom. The molecule has 0 aliphatic carbocycles. The van der Waals surface area contributed by atoms with Crippen molar-refractivity contribution in [3.63, 3.8) is 0 Å². The third-order valence-corrected chi connectivity index (χ3v) is 3.84. The van der Waals surface area contributed by atoms with Crippen molar-refractivity contribution in [3.8, 4) is 0 Å². The summed E-state index contributed by atoms with van der Waals surface area (Å²) in [6, 6.07) is 0. The molecule has 0 atom stereocenters. The molecule has 0 aromatic rings. The first-order valence-corrected chi connectivity index (χ1v) is 7.39. The van der Waals surface area contributed by atoms with Gasteiger partial charge in [0.05, 0.1) is 0 Å². The van der Waals surface area contributed by atoms with E-state index in [9.17, 15) is 14.4 Å². The lowest BCUT2D eigenvalue weighted by Gasteiger charge is -2.37. The molecular weight excluding hydrogens is 256 g/mol. The van der Waals surface area contributed by atoms with Gasteiger partial charge in [0.1, 0.15) is 0 Å². The second kappa shape index (κ2) is 6.68. The number of nitrogens with zero attached hydrogens (tertiary/aromatic N) is 2. The predicted octanol–water partition coefficient (Wildman–Crippen LogP) is 1.34. The molecule has 0 aromatic heterocycles. The molecule has 0 aromatic carbocycles. The van der Waals surface area contributed by atoms with Gasteiger partial charge in [0.25, 0.3) is 11.8 Å². The molecule has 2 aliphatic heterocycles. The lowest BCUT2D eigenvalue weighted by Crippen LogP contribution is -2.48. The van der Waals surface area contributed by atoms with Crippen LogP contribution in [0.5, 0.6) is 0 Å². The zero-order valence-electron chi connectivity index (χ0n) is 12.0. The van der Waals surface area contributed by atoms with Gasteiger partial charge in [-0.25, -0.2) is 0 Å². The Kier molecular flexibility index (Phi) is 4.93. The minimum absolute atomic E-state index is 0.211. The molecule has 1 fully saturated rings. The van der Waals surface area contributed by atoms with Crippen LogP contribution in [-0.2, 0) is 14.4 Å². The van der Waals surface area contributed by atoms with Gasteiger partial charge in [-0.3, -0.25) is 19.3 Å². The van der Waals surface area contributed by atoms with E-state index in [0.717, 1.165) is 38.8 Å². The van der Waals surface area contributed by atoms with E-state index >= 15 is 0 Å². The second-order valence-corrected chi connectivity index (χ2v) is 5.73. The molecule has 110 valence electrons. The maximum absolute atomic E-state index is 11.7. The summed E-state index contributed by atoms with van der Waals surface area (Å²) in [7, 11) is 0. The SMILES string of the molecule is CC1CN(C(=O)CCCCCCN2C(=O)C=CC2=O)C1. The summed E-state index contributed by atoms with van der Waals surface area (Å²) in [5.74, 6) is 0.495. The maximum atomic E-state index is 11.7. The van der Waals surface area contributed by atoms with Crippen LogP contribution in [0, 0.1) is 5.92 Å². The van der Waals surface area contributed by atoms with Crippen LogP contribution < -0.4 is 0 Å². The summed E-state index contributed by atoms with van der Waals surface area (Å²) in [5, 5.41) is 0. The van der Waals surface area contributed by atoms with E-state index in [1.54, 1.807) is 0 Å². The van der Waals surface area contributed by atoms with Crippen molar-refractivity contribution in [1.82, 2.24) is 9.80 Å². The summed E-state index contributed by atoms with van der Waals surface area (Å²) in [6.45, 7) is 4.46. The van der Waals surface area contributed by atoms with Crippen LogP contribution in [0.1, 0.15) is 39.0 Å². The monoisotopic (exact) mass is 278 g/mol. The van der Waals surface area contributed by atoms with Crippen molar-refractivity contribution < 1.29 is 14.4 Å². The molecule has 2 rings (SSSR count). The van der Waals surface area contributed by atoms with Crippen LogP contribution in [-0.4, -0.2) is 47.2 Å². The van der Waals surface area contributed by atoms with E-state index in [1.165, 1.54) is 17.1 Å². The molecule has 0 unspecified atom stereocenters. The average molecular weight is 278 g/mol. The molecule has 2 heterocycles. The zero-order chi connectivity index (χ0) is 14.5. The largest absolute Gasteiger partial charge is 0.342 e. The minimum atomic E-state index is -0.211. The van der Waals surface area contributed by atoms with Gasteiger partial charge in [0.2, 0.25) is 5.91 Å². The molecule has 3 amide bonds. The fourth-order valence-corrected chi connectivity index (χ4v) is 2.61. The quantitative estimate of drug-likeness (QED) is 0.521. The molecule has 1 saturated heterocycles. The number of hydrogen-bond donors (Lipinski definition) is 0. The molecule has 5 heteroatoms. The first-order chi connectivity index (χ1) is 9.58. The summed E-state index contributed by atoms with van der Waals surface area (Å²) in [5.41, 5.74) is 0. The molecule has 0 N–H and O–H groups in total. The molecule has 0 spiro atoms. The number of unbranched alkanes of at least 4 members (excludes halogenated alkanes) is 3. The first-order valence-electron chi connectivity index (χ1n) is 7.39. The number of hydrogen-bond acceptors (Lipinski definition) is 3. The van der Waals surface area contributed by atoms with Crippen LogP contribution >= 0.6 is 0 Å². The number of rotatable bonds is 7. The molecule has 2 aliphatic rings.